The van der Waals surface area contributed by atoms with Gasteiger partial charge >= 0.3 is 12.0 Å². The minimum Gasteiger partial charge on any atom is -0.457 e. The smallest absolute Gasteiger partial charge is 0.312 e. The molecular formula is C20H21ClN2O4. The number of hydrogen-bond donors (Lipinski definition) is 2. The summed E-state index contributed by atoms with van der Waals surface area (Å²) < 4.78 is 5.10. The number of aryl methyl sites for hydroxylation is 2. The first kappa shape index (κ1) is 20.5. The summed E-state index contributed by atoms with van der Waals surface area (Å²) in [4.78, 5) is 35.8. The van der Waals surface area contributed by atoms with Crippen molar-refractivity contribution in [2.75, 3.05) is 6.61 Å². The van der Waals surface area contributed by atoms with Crippen molar-refractivity contribution in [3.05, 3.63) is 69.7 Å². The molecule has 0 aliphatic carbocycles. The fraction of sp³-hybridized carbons (Fsp3) is 0.250. The molecule has 0 aliphatic heterocycles. The highest BCUT2D eigenvalue weighted by Crippen LogP contribution is 2.25. The Balaban J connectivity index is 2.03. The quantitative estimate of drug-likeness (QED) is 0.560. The van der Waals surface area contributed by atoms with Gasteiger partial charge in [-0.2, -0.15) is 0 Å². The zero-order valence-electron chi connectivity index (χ0n) is 15.1. The van der Waals surface area contributed by atoms with Crippen LogP contribution in [-0.4, -0.2) is 24.4 Å². The Labute approximate surface area is 162 Å². The molecule has 7 heteroatoms. The number of benzene rings is 2. The average molecular weight is 389 g/mol. The van der Waals surface area contributed by atoms with Crippen LogP contribution in [0.15, 0.2) is 42.5 Å². The molecule has 2 aromatic rings. The second-order valence-corrected chi connectivity index (χ2v) is 6.60. The van der Waals surface area contributed by atoms with Crippen LogP contribution in [0.3, 0.4) is 0 Å². The molecule has 0 saturated heterocycles. The van der Waals surface area contributed by atoms with Crippen LogP contribution >= 0.6 is 11.6 Å². The maximum Gasteiger partial charge on any atom is 0.312 e. The van der Waals surface area contributed by atoms with Gasteiger partial charge in [0.1, 0.15) is 0 Å². The number of esters is 1. The van der Waals surface area contributed by atoms with Crippen LogP contribution in [0.25, 0.3) is 0 Å². The maximum atomic E-state index is 12.3. The highest BCUT2D eigenvalue weighted by Gasteiger charge is 2.21. The number of Topliss-reactive ketones (excluding diaryl/α,β-unsaturated/α-hetero) is 1. The van der Waals surface area contributed by atoms with Gasteiger partial charge in [0.2, 0.25) is 5.78 Å². The summed E-state index contributed by atoms with van der Waals surface area (Å²) in [5, 5.41) is 2.86. The Bertz CT molecular complexity index is 867. The van der Waals surface area contributed by atoms with Crippen molar-refractivity contribution in [3.8, 4) is 0 Å². The Morgan fingerprint density at radius 3 is 2.52 bits per heavy atom. The number of ketones is 1. The summed E-state index contributed by atoms with van der Waals surface area (Å²) in [6.07, 6.45) is -0.202. The van der Waals surface area contributed by atoms with Crippen molar-refractivity contribution < 1.29 is 19.1 Å². The lowest BCUT2D eigenvalue weighted by Crippen LogP contribution is -2.35. The summed E-state index contributed by atoms with van der Waals surface area (Å²) in [5.74, 6) is -0.936. The lowest BCUT2D eigenvalue weighted by atomic mass is 10.0. The Hall–Kier alpha value is -2.86. The van der Waals surface area contributed by atoms with Gasteiger partial charge in [-0.25, -0.2) is 4.79 Å². The van der Waals surface area contributed by atoms with E-state index >= 15 is 0 Å². The molecule has 1 atom stereocenters. The number of carbonyl (C=O) groups is 3. The number of hydrogen-bond acceptors (Lipinski definition) is 4. The van der Waals surface area contributed by atoms with E-state index in [9.17, 15) is 14.4 Å². The molecule has 2 amide bonds. The fourth-order valence-corrected chi connectivity index (χ4v) is 2.92. The Morgan fingerprint density at radius 2 is 1.85 bits per heavy atom. The zero-order valence-corrected chi connectivity index (χ0v) is 15.9. The van der Waals surface area contributed by atoms with Crippen LogP contribution in [0.5, 0.6) is 0 Å². The molecule has 0 fully saturated rings. The second kappa shape index (κ2) is 9.19. The van der Waals surface area contributed by atoms with E-state index < -0.39 is 18.0 Å². The van der Waals surface area contributed by atoms with Gasteiger partial charge in [0, 0.05) is 10.6 Å². The minimum atomic E-state index is -0.792. The minimum absolute atomic E-state index is 0.202. The van der Waals surface area contributed by atoms with Gasteiger partial charge in [-0.3, -0.25) is 9.59 Å². The molecule has 0 aromatic heterocycles. The predicted molar refractivity (Wildman–Crippen MR) is 103 cm³/mol. The molecule has 0 bridgehead atoms. The molecular weight excluding hydrogens is 368 g/mol. The van der Waals surface area contributed by atoms with Gasteiger partial charge in [0.05, 0.1) is 12.5 Å². The molecule has 0 spiro atoms. The molecule has 6 nitrogen and oxygen atoms in total. The number of nitrogens with one attached hydrogen (secondary N) is 1. The van der Waals surface area contributed by atoms with Crippen LogP contribution < -0.4 is 11.1 Å². The molecule has 3 N–H and O–H groups in total. The molecule has 142 valence electrons. The highest BCUT2D eigenvalue weighted by atomic mass is 35.5. The summed E-state index contributed by atoms with van der Waals surface area (Å²) >= 11 is 6.13. The third-order valence-electron chi connectivity index (χ3n) is 4.03. The molecule has 0 aliphatic rings. The SMILES string of the molecule is Cc1ccc(C)c(C(=O)COC(=O)C[C@H](NC(N)=O)c2ccccc2Cl)c1. The van der Waals surface area contributed by atoms with E-state index in [1.165, 1.54) is 0 Å². The summed E-state index contributed by atoms with van der Waals surface area (Å²) in [6, 6.07) is 10.7. The van der Waals surface area contributed by atoms with Crippen molar-refractivity contribution in [3.63, 3.8) is 0 Å². The van der Waals surface area contributed by atoms with E-state index in [0.717, 1.165) is 11.1 Å². The highest BCUT2D eigenvalue weighted by molar-refractivity contribution is 6.31. The van der Waals surface area contributed by atoms with E-state index in [2.05, 4.69) is 5.32 Å². The number of nitrogens with two attached hydrogens (primary N) is 1. The first-order valence-corrected chi connectivity index (χ1v) is 8.72. The van der Waals surface area contributed by atoms with Gasteiger partial charge in [-0.1, -0.05) is 47.5 Å². The van der Waals surface area contributed by atoms with Crippen LogP contribution in [0.2, 0.25) is 5.02 Å². The van der Waals surface area contributed by atoms with E-state index in [4.69, 9.17) is 22.1 Å². The van der Waals surface area contributed by atoms with Crippen molar-refractivity contribution in [2.24, 2.45) is 5.73 Å². The standard InChI is InChI=1S/C20H21ClN2O4/c1-12-7-8-13(2)15(9-12)18(24)11-27-19(25)10-17(23-20(22)26)14-5-3-4-6-16(14)21/h3-9,17H,10-11H2,1-2H3,(H3,22,23,26)/t17-/m0/s1. The van der Waals surface area contributed by atoms with E-state index in [1.54, 1.807) is 30.3 Å². The number of urea groups is 1. The number of amides is 2. The number of carbonyl (C=O) groups excluding carboxylic acids is 3. The van der Waals surface area contributed by atoms with E-state index in [0.29, 0.717) is 16.1 Å². The van der Waals surface area contributed by atoms with Gasteiger partial charge in [-0.15, -0.1) is 0 Å². The fourth-order valence-electron chi connectivity index (χ4n) is 2.65. The second-order valence-electron chi connectivity index (χ2n) is 6.19. The van der Waals surface area contributed by atoms with Crippen molar-refractivity contribution in [2.45, 2.75) is 26.3 Å². The normalized spacial score (nSPS) is 11.5. The third kappa shape index (κ3) is 5.82. The largest absolute Gasteiger partial charge is 0.457 e. The molecule has 0 heterocycles. The molecule has 27 heavy (non-hydrogen) atoms. The number of ether oxygens (including phenoxy) is 1. The van der Waals surface area contributed by atoms with Crippen LogP contribution in [-0.2, 0) is 9.53 Å². The molecule has 0 unspecified atom stereocenters. The topological polar surface area (TPSA) is 98.5 Å². The van der Waals surface area contributed by atoms with Crippen molar-refractivity contribution >= 4 is 29.4 Å². The Morgan fingerprint density at radius 1 is 1.15 bits per heavy atom. The van der Waals surface area contributed by atoms with Crippen LogP contribution in [0.1, 0.15) is 39.5 Å². The first-order chi connectivity index (χ1) is 12.8. The number of primary amides is 1. The monoisotopic (exact) mass is 388 g/mol. The summed E-state index contributed by atoms with van der Waals surface area (Å²) in [5.41, 5.74) is 7.99. The number of halogens is 1. The van der Waals surface area contributed by atoms with Crippen molar-refractivity contribution in [1.82, 2.24) is 5.32 Å². The summed E-state index contributed by atoms with van der Waals surface area (Å²) in [6.45, 7) is 3.32. The van der Waals surface area contributed by atoms with E-state index in [-0.39, 0.29) is 18.8 Å². The third-order valence-corrected chi connectivity index (χ3v) is 4.37. The summed E-state index contributed by atoms with van der Waals surface area (Å²) in [7, 11) is 0. The lowest BCUT2D eigenvalue weighted by Gasteiger charge is -2.18. The molecule has 0 saturated carbocycles. The predicted octanol–water partition coefficient (Wildman–Crippen LogP) is 3.48. The van der Waals surface area contributed by atoms with Crippen molar-refractivity contribution in [1.29, 1.82) is 0 Å². The van der Waals surface area contributed by atoms with Gasteiger partial charge in [0.25, 0.3) is 0 Å². The average Bonchev–Trinajstić information content (AvgIpc) is 2.61. The van der Waals surface area contributed by atoms with Crippen LogP contribution in [0, 0.1) is 13.8 Å². The molecule has 2 rings (SSSR count). The number of rotatable bonds is 7. The van der Waals surface area contributed by atoms with Gasteiger partial charge in [0.15, 0.2) is 6.61 Å². The zero-order chi connectivity index (χ0) is 20.0. The van der Waals surface area contributed by atoms with E-state index in [1.807, 2.05) is 26.0 Å². The molecule has 0 radical (unpaired) electrons. The van der Waals surface area contributed by atoms with Crippen LogP contribution in [0.4, 0.5) is 4.79 Å². The maximum absolute atomic E-state index is 12.3. The Kier molecular flexibility index (Phi) is 6.96. The van der Waals surface area contributed by atoms with Gasteiger partial charge in [-0.05, 0) is 37.1 Å². The first-order valence-electron chi connectivity index (χ1n) is 8.34. The molecule has 2 aromatic carbocycles. The lowest BCUT2D eigenvalue weighted by molar-refractivity contribution is -0.143. The van der Waals surface area contributed by atoms with Gasteiger partial charge < -0.3 is 15.8 Å².